The SMILES string of the molecule is Cc1cnc(NC2CCCCC2)nc1-c1cc2n(c1)CCN(C(CO)c1cccc(O)c1)C2=O. The van der Waals surface area contributed by atoms with Crippen LogP contribution in [0.15, 0.2) is 42.7 Å². The molecule has 1 amide bonds. The summed E-state index contributed by atoms with van der Waals surface area (Å²) in [6.07, 6.45) is 9.86. The molecule has 1 fully saturated rings. The fourth-order valence-corrected chi connectivity index (χ4v) is 5.11. The Morgan fingerprint density at radius 2 is 2.00 bits per heavy atom. The number of aromatic hydroxyl groups is 1. The number of hydrogen-bond donors (Lipinski definition) is 3. The number of hydrogen-bond acceptors (Lipinski definition) is 6. The van der Waals surface area contributed by atoms with Gasteiger partial charge in [0.2, 0.25) is 5.95 Å². The molecule has 3 heterocycles. The van der Waals surface area contributed by atoms with Crippen LogP contribution in [0, 0.1) is 6.92 Å². The molecule has 34 heavy (non-hydrogen) atoms. The first-order valence-electron chi connectivity index (χ1n) is 12.0. The molecule has 1 aliphatic heterocycles. The number of nitrogens with one attached hydrogen (secondary N) is 1. The van der Waals surface area contributed by atoms with Gasteiger partial charge >= 0.3 is 0 Å². The molecule has 2 aliphatic rings. The molecule has 1 unspecified atom stereocenters. The molecule has 3 N–H and O–H groups in total. The number of aliphatic hydroxyl groups excluding tert-OH is 1. The highest BCUT2D eigenvalue weighted by Gasteiger charge is 2.32. The zero-order valence-corrected chi connectivity index (χ0v) is 19.4. The number of carbonyl (C=O) groups is 1. The number of aliphatic hydroxyl groups is 1. The minimum absolute atomic E-state index is 0.114. The van der Waals surface area contributed by atoms with Crippen LogP contribution in [0.3, 0.4) is 0 Å². The van der Waals surface area contributed by atoms with Gasteiger partial charge in [-0.05, 0) is 49.1 Å². The number of phenols is 1. The van der Waals surface area contributed by atoms with Crippen molar-refractivity contribution < 1.29 is 15.0 Å². The van der Waals surface area contributed by atoms with Crippen LogP contribution in [0.4, 0.5) is 5.95 Å². The number of carbonyl (C=O) groups excluding carboxylic acids is 1. The summed E-state index contributed by atoms with van der Waals surface area (Å²) in [7, 11) is 0. The summed E-state index contributed by atoms with van der Waals surface area (Å²) in [5.41, 5.74) is 3.94. The average molecular weight is 462 g/mol. The van der Waals surface area contributed by atoms with Crippen molar-refractivity contribution in [2.24, 2.45) is 0 Å². The Balaban J connectivity index is 1.41. The zero-order chi connectivity index (χ0) is 23.7. The Labute approximate surface area is 199 Å². The predicted octanol–water partition coefficient (Wildman–Crippen LogP) is 3.89. The number of rotatable bonds is 6. The van der Waals surface area contributed by atoms with E-state index in [-0.39, 0.29) is 18.3 Å². The van der Waals surface area contributed by atoms with Crippen molar-refractivity contribution in [2.45, 2.75) is 57.7 Å². The molecule has 8 heteroatoms. The van der Waals surface area contributed by atoms with Crippen LogP contribution in [-0.4, -0.2) is 54.7 Å². The van der Waals surface area contributed by atoms with Gasteiger partial charge < -0.3 is 25.0 Å². The molecule has 1 aromatic carbocycles. The van der Waals surface area contributed by atoms with E-state index in [4.69, 9.17) is 4.98 Å². The van der Waals surface area contributed by atoms with E-state index in [1.54, 1.807) is 23.1 Å². The quantitative estimate of drug-likeness (QED) is 0.515. The summed E-state index contributed by atoms with van der Waals surface area (Å²) in [6.45, 7) is 2.85. The van der Waals surface area contributed by atoms with Crippen molar-refractivity contribution in [1.29, 1.82) is 0 Å². The number of anilines is 1. The number of fused-ring (bicyclic) bond motifs is 1. The normalized spacial score (nSPS) is 17.5. The first-order chi connectivity index (χ1) is 16.5. The molecule has 1 atom stereocenters. The van der Waals surface area contributed by atoms with Gasteiger partial charge in [0.1, 0.15) is 11.4 Å². The van der Waals surface area contributed by atoms with Crippen LogP contribution in [0.2, 0.25) is 0 Å². The van der Waals surface area contributed by atoms with E-state index in [1.165, 1.54) is 19.3 Å². The molecule has 2 aromatic heterocycles. The summed E-state index contributed by atoms with van der Waals surface area (Å²) in [6, 6.07) is 8.49. The molecular formula is C26H31N5O3. The lowest BCUT2D eigenvalue weighted by atomic mass is 9.96. The molecule has 8 nitrogen and oxygen atoms in total. The van der Waals surface area contributed by atoms with Crippen molar-refractivity contribution in [3.8, 4) is 17.0 Å². The zero-order valence-electron chi connectivity index (χ0n) is 19.4. The molecule has 0 bridgehead atoms. The smallest absolute Gasteiger partial charge is 0.271 e. The summed E-state index contributed by atoms with van der Waals surface area (Å²) in [4.78, 5) is 24.4. The third-order valence-electron chi connectivity index (χ3n) is 6.95. The van der Waals surface area contributed by atoms with Crippen molar-refractivity contribution >= 4 is 11.9 Å². The van der Waals surface area contributed by atoms with Crippen LogP contribution in [0.1, 0.15) is 59.8 Å². The monoisotopic (exact) mass is 461 g/mol. The van der Waals surface area contributed by atoms with E-state index in [9.17, 15) is 15.0 Å². The lowest BCUT2D eigenvalue weighted by Gasteiger charge is -2.34. The maximum atomic E-state index is 13.4. The maximum absolute atomic E-state index is 13.4. The molecule has 1 aliphatic carbocycles. The summed E-state index contributed by atoms with van der Waals surface area (Å²) in [5, 5.41) is 23.4. The number of nitrogens with zero attached hydrogens (tertiary/aromatic N) is 4. The second-order valence-electron chi connectivity index (χ2n) is 9.30. The van der Waals surface area contributed by atoms with E-state index in [0.29, 0.717) is 36.3 Å². The molecule has 0 radical (unpaired) electrons. The van der Waals surface area contributed by atoms with Gasteiger partial charge in [-0.1, -0.05) is 31.4 Å². The standard InChI is InChI=1S/C26H31N5O3/c1-17-14-27-26(28-20-7-3-2-4-8-20)29-24(17)19-13-22-25(34)31(11-10-30(22)15-19)23(16-32)18-6-5-9-21(33)12-18/h5-6,9,12-15,20,23,32-33H,2-4,7-8,10-11,16H2,1H3,(H,27,28,29). The molecule has 178 valence electrons. The van der Waals surface area contributed by atoms with Gasteiger partial charge in [0, 0.05) is 37.1 Å². The van der Waals surface area contributed by atoms with Crippen LogP contribution < -0.4 is 5.32 Å². The van der Waals surface area contributed by atoms with E-state index >= 15 is 0 Å². The molecule has 5 rings (SSSR count). The van der Waals surface area contributed by atoms with Crippen molar-refractivity contribution in [2.75, 3.05) is 18.5 Å². The first-order valence-corrected chi connectivity index (χ1v) is 12.0. The van der Waals surface area contributed by atoms with Gasteiger partial charge in [0.15, 0.2) is 0 Å². The third-order valence-corrected chi connectivity index (χ3v) is 6.95. The molecule has 0 spiro atoms. The van der Waals surface area contributed by atoms with Gasteiger partial charge in [0.25, 0.3) is 5.91 Å². The Morgan fingerprint density at radius 1 is 1.18 bits per heavy atom. The van der Waals surface area contributed by atoms with Crippen LogP contribution >= 0.6 is 0 Å². The number of benzene rings is 1. The predicted molar refractivity (Wildman–Crippen MR) is 130 cm³/mol. The number of amides is 1. The highest BCUT2D eigenvalue weighted by Crippen LogP contribution is 2.31. The lowest BCUT2D eigenvalue weighted by Crippen LogP contribution is -2.43. The van der Waals surface area contributed by atoms with Crippen molar-refractivity contribution in [3.63, 3.8) is 0 Å². The molecular weight excluding hydrogens is 430 g/mol. The third kappa shape index (κ3) is 4.37. The Hall–Kier alpha value is -3.39. The highest BCUT2D eigenvalue weighted by atomic mass is 16.3. The summed E-state index contributed by atoms with van der Waals surface area (Å²) >= 11 is 0. The fraction of sp³-hybridized carbons (Fsp3) is 0.423. The summed E-state index contributed by atoms with van der Waals surface area (Å²) in [5.74, 6) is 0.601. The van der Waals surface area contributed by atoms with Gasteiger partial charge in [0.05, 0.1) is 18.3 Å². The fourth-order valence-electron chi connectivity index (χ4n) is 5.11. The lowest BCUT2D eigenvalue weighted by molar-refractivity contribution is 0.0525. The number of aromatic nitrogens is 3. The molecule has 0 saturated heterocycles. The Bertz CT molecular complexity index is 1180. The van der Waals surface area contributed by atoms with E-state index < -0.39 is 6.04 Å². The van der Waals surface area contributed by atoms with E-state index in [0.717, 1.165) is 29.7 Å². The van der Waals surface area contributed by atoms with Gasteiger partial charge in [-0.15, -0.1) is 0 Å². The van der Waals surface area contributed by atoms with Crippen molar-refractivity contribution in [1.82, 2.24) is 19.4 Å². The van der Waals surface area contributed by atoms with Gasteiger partial charge in [-0.2, -0.15) is 0 Å². The summed E-state index contributed by atoms with van der Waals surface area (Å²) < 4.78 is 1.96. The van der Waals surface area contributed by atoms with E-state index in [1.807, 2.05) is 36.0 Å². The Morgan fingerprint density at radius 3 is 2.76 bits per heavy atom. The number of aryl methyl sites for hydroxylation is 1. The topological polar surface area (TPSA) is 104 Å². The largest absolute Gasteiger partial charge is 0.508 e. The maximum Gasteiger partial charge on any atom is 0.271 e. The molecule has 3 aromatic rings. The van der Waals surface area contributed by atoms with E-state index in [2.05, 4.69) is 10.3 Å². The Kier molecular flexibility index (Phi) is 6.24. The average Bonchev–Trinajstić information content (AvgIpc) is 3.28. The minimum Gasteiger partial charge on any atom is -0.508 e. The van der Waals surface area contributed by atoms with Crippen LogP contribution in [0.25, 0.3) is 11.3 Å². The minimum atomic E-state index is -0.515. The van der Waals surface area contributed by atoms with Crippen molar-refractivity contribution in [3.05, 3.63) is 59.5 Å². The first kappa shape index (κ1) is 22.4. The van der Waals surface area contributed by atoms with Crippen LogP contribution in [-0.2, 0) is 6.54 Å². The second-order valence-corrected chi connectivity index (χ2v) is 9.30. The van der Waals surface area contributed by atoms with Gasteiger partial charge in [-0.3, -0.25) is 4.79 Å². The second kappa shape index (κ2) is 9.46. The molecule has 1 saturated carbocycles. The highest BCUT2D eigenvalue weighted by molar-refractivity contribution is 5.95. The van der Waals surface area contributed by atoms with Crippen LogP contribution in [0.5, 0.6) is 5.75 Å². The van der Waals surface area contributed by atoms with Gasteiger partial charge in [-0.25, -0.2) is 9.97 Å². The number of phenolic OH excluding ortho intramolecular Hbond substituents is 1.